The first kappa shape index (κ1) is 20.8. The van der Waals surface area contributed by atoms with Crippen LogP contribution < -0.4 is 10.6 Å². The number of thiazole rings is 1. The van der Waals surface area contributed by atoms with Crippen molar-refractivity contribution < 1.29 is 19.1 Å². The van der Waals surface area contributed by atoms with Crippen LogP contribution in [0.4, 0.5) is 9.18 Å². The summed E-state index contributed by atoms with van der Waals surface area (Å²) in [6.45, 7) is 6.67. The van der Waals surface area contributed by atoms with Crippen molar-refractivity contribution in [1.29, 1.82) is 0 Å². The number of nitrogens with zero attached hydrogens (tertiary/aromatic N) is 1. The van der Waals surface area contributed by atoms with Crippen molar-refractivity contribution in [1.82, 2.24) is 15.6 Å². The zero-order chi connectivity index (χ0) is 20.0. The Morgan fingerprint density at radius 1 is 1.22 bits per heavy atom. The summed E-state index contributed by atoms with van der Waals surface area (Å²) in [6.07, 6.45) is -0.490. The summed E-state index contributed by atoms with van der Waals surface area (Å²) >= 11 is 1.35. The number of amides is 2. The van der Waals surface area contributed by atoms with Crippen molar-refractivity contribution >= 4 is 23.3 Å². The summed E-state index contributed by atoms with van der Waals surface area (Å²) in [4.78, 5) is 27.5. The first-order valence-corrected chi connectivity index (χ1v) is 9.49. The molecule has 0 aliphatic rings. The maximum absolute atomic E-state index is 12.9. The fraction of sp³-hybridized carbons (Fsp3) is 0.421. The molecule has 146 valence electrons. The molecule has 8 heteroatoms. The summed E-state index contributed by atoms with van der Waals surface area (Å²) in [7, 11) is 0. The molecule has 1 atom stereocenters. The molecule has 0 spiro atoms. The third-order valence-corrected chi connectivity index (χ3v) is 5.13. The molecule has 6 nitrogen and oxygen atoms in total. The maximum Gasteiger partial charge on any atom is 0.404 e. The Morgan fingerprint density at radius 2 is 1.89 bits per heavy atom. The number of carboxylic acid groups (broad SMARTS) is 1. The van der Waals surface area contributed by atoms with Gasteiger partial charge in [0.05, 0.1) is 5.01 Å². The van der Waals surface area contributed by atoms with E-state index in [9.17, 15) is 14.0 Å². The molecule has 0 saturated heterocycles. The molecular formula is C19H24FN3O3S. The largest absolute Gasteiger partial charge is 0.465 e. The maximum atomic E-state index is 12.9. The average Bonchev–Trinajstić information content (AvgIpc) is 3.05. The Hall–Kier alpha value is -2.48. The Kier molecular flexibility index (Phi) is 6.90. The predicted molar refractivity (Wildman–Crippen MR) is 103 cm³/mol. The number of hydrogen-bond acceptors (Lipinski definition) is 4. The SMILES string of the molecule is CC(C)(C)C(CNC(=O)O)c1nc(C(=O)NCCc2ccc(F)cc2)cs1. The van der Waals surface area contributed by atoms with Crippen molar-refractivity contribution in [3.8, 4) is 0 Å². The summed E-state index contributed by atoms with van der Waals surface area (Å²) in [6, 6.07) is 6.15. The molecule has 0 bridgehead atoms. The molecule has 2 aromatic rings. The Labute approximate surface area is 161 Å². The van der Waals surface area contributed by atoms with Gasteiger partial charge in [0.25, 0.3) is 5.91 Å². The lowest BCUT2D eigenvalue weighted by atomic mass is 9.81. The van der Waals surface area contributed by atoms with E-state index in [-0.39, 0.29) is 29.6 Å². The van der Waals surface area contributed by atoms with Crippen LogP contribution in [0.25, 0.3) is 0 Å². The topological polar surface area (TPSA) is 91.3 Å². The number of nitrogens with one attached hydrogen (secondary N) is 2. The minimum atomic E-state index is -1.08. The van der Waals surface area contributed by atoms with Crippen LogP contribution in [-0.4, -0.2) is 35.2 Å². The van der Waals surface area contributed by atoms with E-state index in [1.54, 1.807) is 17.5 Å². The van der Waals surface area contributed by atoms with Gasteiger partial charge in [0, 0.05) is 24.4 Å². The Bertz CT molecular complexity index is 784. The molecule has 1 unspecified atom stereocenters. The highest BCUT2D eigenvalue weighted by molar-refractivity contribution is 7.10. The van der Waals surface area contributed by atoms with Crippen molar-refractivity contribution in [3.63, 3.8) is 0 Å². The predicted octanol–water partition coefficient (Wildman–Crippen LogP) is 3.65. The lowest BCUT2D eigenvalue weighted by Gasteiger charge is -2.28. The van der Waals surface area contributed by atoms with E-state index in [0.717, 1.165) is 10.6 Å². The highest BCUT2D eigenvalue weighted by atomic mass is 32.1. The zero-order valence-electron chi connectivity index (χ0n) is 15.6. The Morgan fingerprint density at radius 3 is 2.48 bits per heavy atom. The molecule has 1 aromatic heterocycles. The molecule has 1 heterocycles. The number of halogens is 1. The molecule has 0 aliphatic heterocycles. The van der Waals surface area contributed by atoms with Crippen molar-refractivity contribution in [2.75, 3.05) is 13.1 Å². The minimum absolute atomic E-state index is 0.139. The van der Waals surface area contributed by atoms with Gasteiger partial charge in [-0.1, -0.05) is 32.9 Å². The molecule has 2 amide bonds. The van der Waals surface area contributed by atoms with Gasteiger partial charge in [-0.2, -0.15) is 0 Å². The van der Waals surface area contributed by atoms with E-state index in [1.807, 2.05) is 20.8 Å². The van der Waals surface area contributed by atoms with E-state index in [4.69, 9.17) is 5.11 Å². The van der Waals surface area contributed by atoms with Crippen molar-refractivity contribution in [3.05, 3.63) is 51.7 Å². The fourth-order valence-electron chi connectivity index (χ4n) is 2.57. The number of hydrogen-bond donors (Lipinski definition) is 3. The van der Waals surface area contributed by atoms with E-state index in [1.165, 1.54) is 23.5 Å². The normalized spacial score (nSPS) is 12.4. The number of carbonyl (C=O) groups excluding carboxylic acids is 1. The van der Waals surface area contributed by atoms with Crippen LogP contribution in [0.1, 0.15) is 47.7 Å². The quantitative estimate of drug-likeness (QED) is 0.670. The molecule has 0 radical (unpaired) electrons. The summed E-state index contributed by atoms with van der Waals surface area (Å²) in [5.41, 5.74) is 1.04. The molecule has 0 saturated carbocycles. The van der Waals surface area contributed by atoms with Crippen LogP contribution >= 0.6 is 11.3 Å². The van der Waals surface area contributed by atoms with Gasteiger partial charge in [-0.25, -0.2) is 14.2 Å². The number of carbonyl (C=O) groups is 2. The fourth-order valence-corrected chi connectivity index (χ4v) is 3.71. The van der Waals surface area contributed by atoms with Gasteiger partial charge in [0.1, 0.15) is 11.5 Å². The van der Waals surface area contributed by atoms with E-state index < -0.39 is 6.09 Å². The third kappa shape index (κ3) is 6.32. The molecular weight excluding hydrogens is 369 g/mol. The van der Waals surface area contributed by atoms with Crippen LogP contribution in [-0.2, 0) is 6.42 Å². The average molecular weight is 393 g/mol. The van der Waals surface area contributed by atoms with Gasteiger partial charge < -0.3 is 15.7 Å². The lowest BCUT2D eigenvalue weighted by Crippen LogP contribution is -2.33. The summed E-state index contributed by atoms with van der Waals surface area (Å²) in [5.74, 6) is -0.707. The molecule has 0 fully saturated rings. The molecule has 27 heavy (non-hydrogen) atoms. The zero-order valence-corrected chi connectivity index (χ0v) is 16.4. The Balaban J connectivity index is 1.96. The third-order valence-electron chi connectivity index (χ3n) is 4.17. The van der Waals surface area contributed by atoms with Crippen LogP contribution in [0.15, 0.2) is 29.6 Å². The van der Waals surface area contributed by atoms with Crippen molar-refractivity contribution in [2.24, 2.45) is 5.41 Å². The van der Waals surface area contributed by atoms with Crippen LogP contribution in [0.3, 0.4) is 0 Å². The molecule has 3 N–H and O–H groups in total. The number of aromatic nitrogens is 1. The number of benzene rings is 1. The van der Waals surface area contributed by atoms with Gasteiger partial charge in [-0.15, -0.1) is 11.3 Å². The van der Waals surface area contributed by atoms with E-state index in [2.05, 4.69) is 15.6 Å². The molecule has 1 aromatic carbocycles. The van der Waals surface area contributed by atoms with Crippen LogP contribution in [0, 0.1) is 11.2 Å². The second-order valence-corrected chi connectivity index (χ2v) is 8.20. The summed E-state index contributed by atoms with van der Waals surface area (Å²) < 4.78 is 12.9. The smallest absolute Gasteiger partial charge is 0.404 e. The highest BCUT2D eigenvalue weighted by Gasteiger charge is 2.30. The van der Waals surface area contributed by atoms with E-state index in [0.29, 0.717) is 18.7 Å². The number of rotatable bonds is 7. The minimum Gasteiger partial charge on any atom is -0.465 e. The van der Waals surface area contributed by atoms with Crippen LogP contribution in [0.2, 0.25) is 0 Å². The molecule has 2 rings (SSSR count). The van der Waals surface area contributed by atoms with Crippen molar-refractivity contribution in [2.45, 2.75) is 33.1 Å². The van der Waals surface area contributed by atoms with Gasteiger partial charge >= 0.3 is 6.09 Å². The first-order chi connectivity index (χ1) is 12.7. The second-order valence-electron chi connectivity index (χ2n) is 7.31. The monoisotopic (exact) mass is 393 g/mol. The molecule has 0 aliphatic carbocycles. The van der Waals surface area contributed by atoms with Crippen LogP contribution in [0.5, 0.6) is 0 Å². The summed E-state index contributed by atoms with van der Waals surface area (Å²) in [5, 5.41) is 16.5. The van der Waals surface area contributed by atoms with Gasteiger partial charge in [-0.3, -0.25) is 4.79 Å². The lowest BCUT2D eigenvalue weighted by molar-refractivity contribution is 0.0949. The van der Waals surface area contributed by atoms with Gasteiger partial charge in [0.15, 0.2) is 0 Å². The first-order valence-electron chi connectivity index (χ1n) is 8.61. The second kappa shape index (κ2) is 8.94. The van der Waals surface area contributed by atoms with E-state index >= 15 is 0 Å². The van der Waals surface area contributed by atoms with Gasteiger partial charge in [0.2, 0.25) is 0 Å². The standard InChI is InChI=1S/C19H24FN3O3S/c1-19(2,3)14(10-22-18(25)26)17-23-15(11-27-17)16(24)21-9-8-12-4-6-13(20)7-5-12/h4-7,11,14,22H,8-10H2,1-3H3,(H,21,24)(H,25,26). The highest BCUT2D eigenvalue weighted by Crippen LogP contribution is 2.36. The van der Waals surface area contributed by atoms with Gasteiger partial charge in [-0.05, 0) is 29.5 Å².